The fraction of sp³-hybridized carbons (Fsp3) is 0.385. The second-order valence-electron chi connectivity index (χ2n) is 8.64. The molecule has 7 nitrogen and oxygen atoms in total. The lowest BCUT2D eigenvalue weighted by molar-refractivity contribution is 0.0946. The third-order valence-corrected chi connectivity index (χ3v) is 7.21. The molecule has 1 aliphatic rings. The standard InChI is InChI=1S/C26H31Cl2N5O2.2ClH/c1-18-25(30-19(2)33(18)20-8-10-21(35-3)11-9-20)26(34)29-12-5-13-31-14-16-32(17-15-31)23-7-4-6-22(27)24(23)28;;/h4,6-11H,5,12-17H2,1-3H3,(H,29,34);2*1H. The predicted molar refractivity (Wildman–Crippen MR) is 156 cm³/mol. The minimum atomic E-state index is -0.140. The zero-order valence-electron chi connectivity index (χ0n) is 21.2. The summed E-state index contributed by atoms with van der Waals surface area (Å²) >= 11 is 12.5. The van der Waals surface area contributed by atoms with Crippen LogP contribution in [0.5, 0.6) is 5.75 Å². The van der Waals surface area contributed by atoms with Gasteiger partial charge in [0.15, 0.2) is 0 Å². The number of imidazole rings is 1. The van der Waals surface area contributed by atoms with Gasteiger partial charge in [-0.15, -0.1) is 24.8 Å². The van der Waals surface area contributed by atoms with Crippen LogP contribution in [-0.4, -0.2) is 66.7 Å². The second-order valence-corrected chi connectivity index (χ2v) is 9.42. The highest BCUT2D eigenvalue weighted by molar-refractivity contribution is 6.43. The molecule has 2 heterocycles. The van der Waals surface area contributed by atoms with E-state index < -0.39 is 0 Å². The summed E-state index contributed by atoms with van der Waals surface area (Å²) in [6, 6.07) is 13.5. The van der Waals surface area contributed by atoms with Gasteiger partial charge in [0.05, 0.1) is 28.5 Å². The Kier molecular flexibility index (Phi) is 11.9. The van der Waals surface area contributed by atoms with E-state index in [0.29, 0.717) is 22.3 Å². The van der Waals surface area contributed by atoms with Crippen molar-refractivity contribution in [3.05, 3.63) is 69.7 Å². The Bertz CT molecular complexity index is 1180. The zero-order valence-corrected chi connectivity index (χ0v) is 24.3. The normalized spacial score (nSPS) is 13.5. The number of anilines is 1. The number of hydrogen-bond donors (Lipinski definition) is 1. The molecule has 1 fully saturated rings. The number of nitrogens with one attached hydrogen (secondary N) is 1. The van der Waals surface area contributed by atoms with Gasteiger partial charge in [-0.25, -0.2) is 4.98 Å². The molecular formula is C26H33Cl4N5O2. The lowest BCUT2D eigenvalue weighted by Crippen LogP contribution is -2.47. The molecule has 1 saturated heterocycles. The highest BCUT2D eigenvalue weighted by Gasteiger charge is 2.21. The number of carbonyl (C=O) groups is 1. The number of hydrogen-bond acceptors (Lipinski definition) is 5. The van der Waals surface area contributed by atoms with E-state index in [1.165, 1.54) is 0 Å². The van der Waals surface area contributed by atoms with Crippen LogP contribution in [0.4, 0.5) is 5.69 Å². The molecule has 3 aromatic rings. The number of halogens is 4. The molecule has 202 valence electrons. The van der Waals surface area contributed by atoms with E-state index in [0.717, 1.165) is 67.8 Å². The summed E-state index contributed by atoms with van der Waals surface area (Å²) in [6.45, 7) is 9.04. The summed E-state index contributed by atoms with van der Waals surface area (Å²) in [5, 5.41) is 4.23. The van der Waals surface area contributed by atoms with Crippen LogP contribution in [0.2, 0.25) is 10.0 Å². The topological polar surface area (TPSA) is 62.6 Å². The summed E-state index contributed by atoms with van der Waals surface area (Å²) in [4.78, 5) is 22.0. The first-order valence-electron chi connectivity index (χ1n) is 11.8. The van der Waals surface area contributed by atoms with E-state index in [2.05, 4.69) is 20.1 Å². The molecule has 37 heavy (non-hydrogen) atoms. The van der Waals surface area contributed by atoms with Crippen LogP contribution >= 0.6 is 48.0 Å². The van der Waals surface area contributed by atoms with Crippen molar-refractivity contribution in [2.24, 2.45) is 0 Å². The van der Waals surface area contributed by atoms with Gasteiger partial charge in [-0.1, -0.05) is 29.3 Å². The number of amides is 1. The third-order valence-electron chi connectivity index (χ3n) is 6.40. The van der Waals surface area contributed by atoms with Gasteiger partial charge < -0.3 is 19.5 Å². The quantitative estimate of drug-likeness (QED) is 0.348. The Labute approximate surface area is 240 Å². The van der Waals surface area contributed by atoms with Gasteiger partial charge in [0.2, 0.25) is 0 Å². The van der Waals surface area contributed by atoms with Crippen LogP contribution in [0.1, 0.15) is 28.4 Å². The van der Waals surface area contributed by atoms with Crippen molar-refractivity contribution in [2.75, 3.05) is 51.3 Å². The van der Waals surface area contributed by atoms with E-state index in [4.69, 9.17) is 27.9 Å². The molecule has 1 aromatic heterocycles. The first kappa shape index (κ1) is 31.1. The number of ether oxygens (including phenoxy) is 1. The molecule has 0 aliphatic carbocycles. The molecule has 0 atom stereocenters. The van der Waals surface area contributed by atoms with Crippen LogP contribution in [0.25, 0.3) is 5.69 Å². The number of piperazine rings is 1. The smallest absolute Gasteiger partial charge is 0.271 e. The van der Waals surface area contributed by atoms with Gasteiger partial charge in [0.25, 0.3) is 5.91 Å². The predicted octanol–water partition coefficient (Wildman–Crippen LogP) is 5.59. The number of aryl methyl sites for hydroxylation is 1. The fourth-order valence-electron chi connectivity index (χ4n) is 4.51. The maximum absolute atomic E-state index is 12.8. The number of methoxy groups -OCH3 is 1. The first-order chi connectivity index (χ1) is 16.9. The van der Waals surface area contributed by atoms with Crippen molar-refractivity contribution in [3.8, 4) is 11.4 Å². The number of rotatable bonds is 8. The lowest BCUT2D eigenvalue weighted by atomic mass is 10.2. The molecule has 2 aromatic carbocycles. The van der Waals surface area contributed by atoms with E-state index in [9.17, 15) is 4.79 Å². The second kappa shape index (κ2) is 14.1. The molecule has 0 unspecified atom stereocenters. The van der Waals surface area contributed by atoms with Gasteiger partial charge in [0, 0.05) is 38.4 Å². The molecule has 1 N–H and O–H groups in total. The SMILES string of the molecule is COc1ccc(-n2c(C)nc(C(=O)NCCCN3CCN(c4cccc(Cl)c4Cl)CC3)c2C)cc1.Cl.Cl. The highest BCUT2D eigenvalue weighted by atomic mass is 35.5. The Morgan fingerprint density at radius 2 is 1.70 bits per heavy atom. The van der Waals surface area contributed by atoms with Crippen LogP contribution in [-0.2, 0) is 0 Å². The molecule has 4 rings (SSSR count). The molecular weight excluding hydrogens is 556 g/mol. The maximum atomic E-state index is 12.8. The molecule has 11 heteroatoms. The summed E-state index contributed by atoms with van der Waals surface area (Å²) in [6.07, 6.45) is 0.876. The minimum absolute atomic E-state index is 0. The van der Waals surface area contributed by atoms with Crippen molar-refractivity contribution >= 4 is 59.6 Å². The monoisotopic (exact) mass is 587 g/mol. The van der Waals surface area contributed by atoms with Crippen molar-refractivity contribution in [1.82, 2.24) is 19.8 Å². The fourth-order valence-corrected chi connectivity index (χ4v) is 4.92. The van der Waals surface area contributed by atoms with E-state index in [1.807, 2.05) is 60.9 Å². The summed E-state index contributed by atoms with van der Waals surface area (Å²) in [5.41, 5.74) is 3.22. The Morgan fingerprint density at radius 1 is 1.03 bits per heavy atom. The number of nitrogens with zero attached hydrogens (tertiary/aromatic N) is 4. The van der Waals surface area contributed by atoms with Gasteiger partial charge in [-0.3, -0.25) is 9.69 Å². The van der Waals surface area contributed by atoms with Crippen molar-refractivity contribution in [1.29, 1.82) is 0 Å². The lowest BCUT2D eigenvalue weighted by Gasteiger charge is -2.36. The largest absolute Gasteiger partial charge is 0.497 e. The van der Waals surface area contributed by atoms with Gasteiger partial charge in [-0.2, -0.15) is 0 Å². The average molecular weight is 589 g/mol. The Morgan fingerprint density at radius 3 is 2.35 bits per heavy atom. The zero-order chi connectivity index (χ0) is 24.9. The Hall–Kier alpha value is -2.16. The molecule has 0 radical (unpaired) electrons. The number of benzene rings is 2. The maximum Gasteiger partial charge on any atom is 0.271 e. The van der Waals surface area contributed by atoms with Gasteiger partial charge >= 0.3 is 0 Å². The molecule has 1 aliphatic heterocycles. The summed E-state index contributed by atoms with van der Waals surface area (Å²) in [5.74, 6) is 1.42. The Balaban J connectivity index is 0.00000241. The summed E-state index contributed by atoms with van der Waals surface area (Å²) < 4.78 is 7.22. The van der Waals surface area contributed by atoms with E-state index in [-0.39, 0.29) is 30.7 Å². The van der Waals surface area contributed by atoms with E-state index >= 15 is 0 Å². The van der Waals surface area contributed by atoms with Crippen LogP contribution in [0.15, 0.2) is 42.5 Å². The van der Waals surface area contributed by atoms with Crippen LogP contribution in [0, 0.1) is 13.8 Å². The summed E-state index contributed by atoms with van der Waals surface area (Å²) in [7, 11) is 1.64. The molecule has 0 bridgehead atoms. The van der Waals surface area contributed by atoms with E-state index in [1.54, 1.807) is 7.11 Å². The molecule has 0 spiro atoms. The number of aromatic nitrogens is 2. The van der Waals surface area contributed by atoms with Gasteiger partial charge in [-0.05, 0) is 63.2 Å². The highest BCUT2D eigenvalue weighted by Crippen LogP contribution is 2.32. The van der Waals surface area contributed by atoms with Crippen molar-refractivity contribution in [3.63, 3.8) is 0 Å². The van der Waals surface area contributed by atoms with Crippen molar-refractivity contribution < 1.29 is 9.53 Å². The van der Waals surface area contributed by atoms with Crippen molar-refractivity contribution in [2.45, 2.75) is 20.3 Å². The molecule has 0 saturated carbocycles. The molecule has 1 amide bonds. The van der Waals surface area contributed by atoms with Crippen LogP contribution < -0.4 is 15.0 Å². The average Bonchev–Trinajstić information content (AvgIpc) is 3.17. The third kappa shape index (κ3) is 7.24. The van der Waals surface area contributed by atoms with Crippen LogP contribution in [0.3, 0.4) is 0 Å². The number of carbonyl (C=O) groups excluding carboxylic acids is 1. The van der Waals surface area contributed by atoms with Gasteiger partial charge in [0.1, 0.15) is 17.3 Å². The minimum Gasteiger partial charge on any atom is -0.497 e. The first-order valence-corrected chi connectivity index (χ1v) is 12.5.